The SMILES string of the molecule is C[N+]1(Cc2ccc(-c3ccc(C[N+]4(C)C5CCC4CC(O)C5)cc3)cc2)C2CCC1CC(O)C2.[Br-].[Br-]. The van der Waals surface area contributed by atoms with Crippen LogP contribution in [0.5, 0.6) is 0 Å². The van der Waals surface area contributed by atoms with E-state index in [2.05, 4.69) is 62.6 Å². The highest BCUT2D eigenvalue weighted by Gasteiger charge is 2.52. The molecule has 0 aromatic heterocycles. The summed E-state index contributed by atoms with van der Waals surface area (Å²) in [5.74, 6) is 0. The maximum atomic E-state index is 10.2. The van der Waals surface area contributed by atoms with E-state index in [1.807, 2.05) is 0 Å². The van der Waals surface area contributed by atoms with Gasteiger partial charge in [0.1, 0.15) is 13.1 Å². The van der Waals surface area contributed by atoms with E-state index in [1.165, 1.54) is 47.9 Å². The smallest absolute Gasteiger partial charge is 0.105 e. The van der Waals surface area contributed by atoms with Gasteiger partial charge in [-0.2, -0.15) is 0 Å². The van der Waals surface area contributed by atoms with E-state index in [-0.39, 0.29) is 46.2 Å². The van der Waals surface area contributed by atoms with E-state index in [9.17, 15) is 10.2 Å². The molecular formula is C30H42Br2N2O2. The van der Waals surface area contributed by atoms with Crippen molar-refractivity contribution in [2.75, 3.05) is 14.1 Å². The molecule has 36 heavy (non-hydrogen) atoms. The van der Waals surface area contributed by atoms with Gasteiger partial charge in [0.15, 0.2) is 0 Å². The summed E-state index contributed by atoms with van der Waals surface area (Å²) in [7, 11) is 4.83. The van der Waals surface area contributed by atoms with Crippen LogP contribution >= 0.6 is 0 Å². The molecule has 4 saturated heterocycles. The zero-order valence-electron chi connectivity index (χ0n) is 21.7. The lowest BCUT2D eigenvalue weighted by Gasteiger charge is -2.46. The van der Waals surface area contributed by atoms with Crippen molar-refractivity contribution in [3.05, 3.63) is 59.7 Å². The molecule has 4 nitrogen and oxygen atoms in total. The Labute approximate surface area is 238 Å². The molecule has 2 N–H and O–H groups in total. The summed E-state index contributed by atoms with van der Waals surface area (Å²) in [6.07, 6.45) is 8.77. The van der Waals surface area contributed by atoms with Crippen LogP contribution in [0, 0.1) is 0 Å². The molecule has 4 aliphatic rings. The number of quaternary nitrogens is 2. The van der Waals surface area contributed by atoms with E-state index >= 15 is 0 Å². The first-order valence-corrected chi connectivity index (χ1v) is 13.6. The molecule has 6 heteroatoms. The fourth-order valence-corrected chi connectivity index (χ4v) is 8.34. The van der Waals surface area contributed by atoms with Crippen molar-refractivity contribution in [3.8, 4) is 11.1 Å². The van der Waals surface area contributed by atoms with Crippen LogP contribution in [0.4, 0.5) is 0 Å². The lowest BCUT2D eigenvalue weighted by Crippen LogP contribution is -3.00. The number of rotatable bonds is 5. The maximum Gasteiger partial charge on any atom is 0.105 e. The molecule has 0 amide bonds. The van der Waals surface area contributed by atoms with Crippen LogP contribution in [0.25, 0.3) is 11.1 Å². The Hall–Kier alpha value is -0.760. The largest absolute Gasteiger partial charge is 1.00 e. The minimum absolute atomic E-state index is 0. The summed E-state index contributed by atoms with van der Waals surface area (Å²) in [6, 6.07) is 20.9. The summed E-state index contributed by atoms with van der Waals surface area (Å²) in [5.41, 5.74) is 5.40. The second-order valence-corrected chi connectivity index (χ2v) is 12.4. The normalized spacial score (nSPS) is 38.8. The molecule has 4 fully saturated rings. The molecule has 4 heterocycles. The van der Waals surface area contributed by atoms with Gasteiger partial charge < -0.3 is 53.1 Å². The Bertz CT molecular complexity index is 917. The van der Waals surface area contributed by atoms with Crippen molar-refractivity contribution < 1.29 is 53.1 Å². The van der Waals surface area contributed by atoms with Gasteiger partial charge in [0, 0.05) is 62.5 Å². The average Bonchev–Trinajstić information content (AvgIpc) is 3.07. The zero-order valence-corrected chi connectivity index (χ0v) is 24.9. The molecule has 0 saturated carbocycles. The number of aliphatic hydroxyl groups excluding tert-OH is 2. The van der Waals surface area contributed by atoms with E-state index in [1.54, 1.807) is 0 Å². The van der Waals surface area contributed by atoms with Crippen LogP contribution in [-0.4, -0.2) is 69.6 Å². The van der Waals surface area contributed by atoms with Crippen molar-refractivity contribution >= 4 is 0 Å². The number of hydrogen-bond donors (Lipinski definition) is 2. The number of fused-ring (bicyclic) bond motifs is 4. The highest BCUT2D eigenvalue weighted by atomic mass is 79.9. The second kappa shape index (κ2) is 10.8. The Kier molecular flexibility index (Phi) is 8.46. The summed E-state index contributed by atoms with van der Waals surface area (Å²) >= 11 is 0. The Morgan fingerprint density at radius 3 is 1.11 bits per heavy atom. The summed E-state index contributed by atoms with van der Waals surface area (Å²) in [6.45, 7) is 2.16. The van der Waals surface area contributed by atoms with Crippen LogP contribution in [0.1, 0.15) is 62.5 Å². The predicted octanol–water partition coefficient (Wildman–Crippen LogP) is -1.37. The Morgan fingerprint density at radius 2 is 0.833 bits per heavy atom. The Balaban J connectivity index is 0.00000152. The van der Waals surface area contributed by atoms with Gasteiger partial charge in [-0.15, -0.1) is 0 Å². The molecule has 2 aromatic carbocycles. The number of halogens is 2. The quantitative estimate of drug-likeness (QED) is 0.405. The van der Waals surface area contributed by atoms with Crippen molar-refractivity contribution in [2.45, 2.75) is 101 Å². The van der Waals surface area contributed by atoms with E-state index in [0.29, 0.717) is 24.2 Å². The van der Waals surface area contributed by atoms with Gasteiger partial charge in [-0.25, -0.2) is 0 Å². The third-order valence-electron chi connectivity index (χ3n) is 10.5. The molecule has 4 atom stereocenters. The molecule has 0 spiro atoms. The summed E-state index contributed by atoms with van der Waals surface area (Å²) < 4.78 is 2.22. The highest BCUT2D eigenvalue weighted by Crippen LogP contribution is 2.44. The standard InChI is InChI=1S/C30H42N2O2.2BrH/c1-31(25-11-12-26(31)16-29(33)15-25)19-21-3-7-23(8-4-21)24-9-5-22(6-10-24)20-32(2)27-13-14-28(32)18-30(34)17-27;;/h3-10,25-30,33-34H,11-20H2,1-2H3;2*1H/q+2;;/p-2. The first-order valence-electron chi connectivity index (χ1n) is 13.6. The van der Waals surface area contributed by atoms with Crippen LogP contribution in [0.15, 0.2) is 48.5 Å². The minimum Gasteiger partial charge on any atom is -1.00 e. The van der Waals surface area contributed by atoms with Gasteiger partial charge >= 0.3 is 0 Å². The number of nitrogens with zero attached hydrogens (tertiary/aromatic N) is 2. The molecule has 0 aliphatic carbocycles. The van der Waals surface area contributed by atoms with Gasteiger partial charge in [0.2, 0.25) is 0 Å². The topological polar surface area (TPSA) is 40.5 Å². The molecule has 6 rings (SSSR count). The molecule has 2 aromatic rings. The minimum atomic E-state index is -0.0877. The molecule has 0 radical (unpaired) electrons. The van der Waals surface area contributed by atoms with Crippen LogP contribution in [0.3, 0.4) is 0 Å². The fourth-order valence-electron chi connectivity index (χ4n) is 8.34. The van der Waals surface area contributed by atoms with Crippen molar-refractivity contribution in [1.29, 1.82) is 0 Å². The van der Waals surface area contributed by atoms with Crippen LogP contribution < -0.4 is 34.0 Å². The third kappa shape index (κ3) is 4.99. The van der Waals surface area contributed by atoms with E-state index < -0.39 is 0 Å². The molecule has 4 bridgehead atoms. The summed E-state index contributed by atoms with van der Waals surface area (Å²) in [4.78, 5) is 0. The first kappa shape index (κ1) is 28.3. The van der Waals surface area contributed by atoms with Crippen molar-refractivity contribution in [3.63, 3.8) is 0 Å². The maximum absolute atomic E-state index is 10.2. The van der Waals surface area contributed by atoms with E-state index in [0.717, 1.165) is 47.7 Å². The molecular weight excluding hydrogens is 580 g/mol. The highest BCUT2D eigenvalue weighted by molar-refractivity contribution is 5.63. The van der Waals surface area contributed by atoms with Gasteiger partial charge in [-0.3, -0.25) is 0 Å². The lowest BCUT2D eigenvalue weighted by molar-refractivity contribution is -0.961. The molecule has 198 valence electrons. The number of hydrogen-bond acceptors (Lipinski definition) is 2. The van der Waals surface area contributed by atoms with Crippen molar-refractivity contribution in [1.82, 2.24) is 0 Å². The van der Waals surface area contributed by atoms with Crippen molar-refractivity contribution in [2.24, 2.45) is 0 Å². The fraction of sp³-hybridized carbons (Fsp3) is 0.600. The van der Waals surface area contributed by atoms with Gasteiger partial charge in [-0.1, -0.05) is 48.5 Å². The monoisotopic (exact) mass is 620 g/mol. The number of benzene rings is 2. The summed E-state index contributed by atoms with van der Waals surface area (Å²) in [5, 5.41) is 20.4. The lowest BCUT2D eigenvalue weighted by atomic mass is 9.95. The van der Waals surface area contributed by atoms with Gasteiger partial charge in [0.05, 0.1) is 50.5 Å². The van der Waals surface area contributed by atoms with Gasteiger partial charge in [0.25, 0.3) is 0 Å². The van der Waals surface area contributed by atoms with Crippen LogP contribution in [0.2, 0.25) is 0 Å². The zero-order chi connectivity index (χ0) is 23.5. The molecule has 4 aliphatic heterocycles. The predicted molar refractivity (Wildman–Crippen MR) is 136 cm³/mol. The van der Waals surface area contributed by atoms with Gasteiger partial charge in [-0.05, 0) is 11.1 Å². The molecule has 4 unspecified atom stereocenters. The number of aliphatic hydroxyl groups is 2. The first-order chi connectivity index (χ1) is 16.3. The average molecular weight is 622 g/mol. The second-order valence-electron chi connectivity index (χ2n) is 12.4. The van der Waals surface area contributed by atoms with Crippen LogP contribution in [-0.2, 0) is 13.1 Å². The third-order valence-corrected chi connectivity index (χ3v) is 10.5. The van der Waals surface area contributed by atoms with E-state index in [4.69, 9.17) is 0 Å². The number of piperidine rings is 2. The Morgan fingerprint density at radius 1 is 0.556 bits per heavy atom.